The van der Waals surface area contributed by atoms with Crippen LogP contribution in [-0.4, -0.2) is 47.4 Å². The third kappa shape index (κ3) is 4.45. The smallest absolute Gasteiger partial charge is 0.306 e. The summed E-state index contributed by atoms with van der Waals surface area (Å²) in [6.45, 7) is 3.03. The fourth-order valence-corrected chi connectivity index (χ4v) is 3.61. The molecule has 1 saturated heterocycles. The van der Waals surface area contributed by atoms with E-state index in [9.17, 15) is 14.4 Å². The molecule has 0 aromatic heterocycles. The van der Waals surface area contributed by atoms with E-state index < -0.39 is 5.97 Å². The zero-order chi connectivity index (χ0) is 19.4. The topological polar surface area (TPSA) is 86.7 Å². The number of nitrogens with zero attached hydrogens (tertiary/aromatic N) is 1. The number of rotatable bonds is 5. The lowest BCUT2D eigenvalue weighted by atomic mass is 9.87. The van der Waals surface area contributed by atoms with Gasteiger partial charge in [-0.1, -0.05) is 37.3 Å². The Morgan fingerprint density at radius 3 is 2.59 bits per heavy atom. The molecule has 0 radical (unpaired) electrons. The van der Waals surface area contributed by atoms with Gasteiger partial charge in [-0.25, -0.2) is 0 Å². The minimum atomic E-state index is -0.794. The Morgan fingerprint density at radius 1 is 1.15 bits per heavy atom. The van der Waals surface area contributed by atoms with Gasteiger partial charge in [-0.2, -0.15) is 0 Å². The number of aliphatic carboxylic acids is 1. The normalized spacial score (nSPS) is 19.7. The van der Waals surface area contributed by atoms with Crippen LogP contribution in [0.4, 0.5) is 0 Å². The molecule has 2 amide bonds. The van der Waals surface area contributed by atoms with Gasteiger partial charge in [0.25, 0.3) is 5.91 Å². The maximum atomic E-state index is 12.3. The summed E-state index contributed by atoms with van der Waals surface area (Å²) in [5, 5.41) is 14.0. The summed E-state index contributed by atoms with van der Waals surface area (Å²) >= 11 is 0. The second-order valence-corrected chi connectivity index (χ2v) is 7.12. The maximum Gasteiger partial charge on any atom is 0.306 e. The van der Waals surface area contributed by atoms with Crippen LogP contribution in [0.25, 0.3) is 10.8 Å². The quantitative estimate of drug-likeness (QED) is 0.849. The summed E-state index contributed by atoms with van der Waals surface area (Å²) in [5.74, 6) is -1.50. The Kier molecular flexibility index (Phi) is 5.74. The zero-order valence-electron chi connectivity index (χ0n) is 15.4. The molecule has 1 aliphatic rings. The van der Waals surface area contributed by atoms with Crippen LogP contribution in [0.3, 0.4) is 0 Å². The molecule has 2 N–H and O–H groups in total. The van der Waals surface area contributed by atoms with Crippen LogP contribution in [0.5, 0.6) is 0 Å². The third-order valence-electron chi connectivity index (χ3n) is 5.21. The maximum absolute atomic E-state index is 12.3. The standard InChI is InChI=1S/C21H24N2O4/c1-14-13-23(11-9-18(14)21(26)27)19(24)8-10-22-20(25)17-7-6-15-4-2-3-5-16(15)12-17/h2-7,12,14,18H,8-11,13H2,1H3,(H,22,25)(H,26,27). The summed E-state index contributed by atoms with van der Waals surface area (Å²) in [4.78, 5) is 37.5. The van der Waals surface area contributed by atoms with Crippen molar-refractivity contribution in [3.8, 4) is 0 Å². The van der Waals surface area contributed by atoms with Gasteiger partial charge < -0.3 is 15.3 Å². The average molecular weight is 368 g/mol. The van der Waals surface area contributed by atoms with Crippen LogP contribution in [0.1, 0.15) is 30.1 Å². The van der Waals surface area contributed by atoms with Crippen LogP contribution < -0.4 is 5.32 Å². The molecule has 142 valence electrons. The molecular formula is C21H24N2O4. The zero-order valence-corrected chi connectivity index (χ0v) is 15.4. The van der Waals surface area contributed by atoms with Crippen molar-refractivity contribution in [2.75, 3.05) is 19.6 Å². The van der Waals surface area contributed by atoms with Crippen LogP contribution in [0.2, 0.25) is 0 Å². The van der Waals surface area contributed by atoms with Crippen molar-refractivity contribution in [1.29, 1.82) is 0 Å². The number of benzene rings is 2. The summed E-state index contributed by atoms with van der Waals surface area (Å²) in [6, 6.07) is 13.3. The highest BCUT2D eigenvalue weighted by molar-refractivity contribution is 5.98. The van der Waals surface area contributed by atoms with Crippen molar-refractivity contribution in [2.24, 2.45) is 11.8 Å². The van der Waals surface area contributed by atoms with Crippen LogP contribution in [0, 0.1) is 11.8 Å². The molecule has 27 heavy (non-hydrogen) atoms. The lowest BCUT2D eigenvalue weighted by Crippen LogP contribution is -2.45. The Hall–Kier alpha value is -2.89. The number of piperidine rings is 1. The fraction of sp³-hybridized carbons (Fsp3) is 0.381. The van der Waals surface area contributed by atoms with Gasteiger partial charge in [0.2, 0.25) is 5.91 Å². The van der Waals surface area contributed by atoms with Gasteiger partial charge in [-0.05, 0) is 35.2 Å². The van der Waals surface area contributed by atoms with Crippen molar-refractivity contribution in [3.05, 3.63) is 48.0 Å². The van der Waals surface area contributed by atoms with Gasteiger partial charge in [0.05, 0.1) is 5.92 Å². The van der Waals surface area contributed by atoms with Crippen molar-refractivity contribution in [1.82, 2.24) is 10.2 Å². The number of amides is 2. The van der Waals surface area contributed by atoms with Gasteiger partial charge in [-0.15, -0.1) is 0 Å². The van der Waals surface area contributed by atoms with Crippen LogP contribution in [-0.2, 0) is 9.59 Å². The molecular weight excluding hydrogens is 344 g/mol. The summed E-state index contributed by atoms with van der Waals surface area (Å²) in [5.41, 5.74) is 0.567. The monoisotopic (exact) mass is 368 g/mol. The molecule has 2 atom stereocenters. The second-order valence-electron chi connectivity index (χ2n) is 7.12. The van der Waals surface area contributed by atoms with Gasteiger partial charge in [0.1, 0.15) is 0 Å². The van der Waals surface area contributed by atoms with E-state index in [-0.39, 0.29) is 36.6 Å². The highest BCUT2D eigenvalue weighted by Gasteiger charge is 2.32. The van der Waals surface area contributed by atoms with E-state index >= 15 is 0 Å². The molecule has 1 aliphatic heterocycles. The lowest BCUT2D eigenvalue weighted by molar-refractivity contribution is -0.148. The third-order valence-corrected chi connectivity index (χ3v) is 5.21. The van der Waals surface area contributed by atoms with E-state index in [1.165, 1.54) is 0 Å². The Labute approximate surface area is 158 Å². The number of likely N-dealkylation sites (tertiary alicyclic amines) is 1. The van der Waals surface area contributed by atoms with Gasteiger partial charge in [-0.3, -0.25) is 14.4 Å². The molecule has 3 rings (SSSR count). The molecule has 0 aliphatic carbocycles. The van der Waals surface area contributed by atoms with Crippen molar-refractivity contribution in [3.63, 3.8) is 0 Å². The number of fused-ring (bicyclic) bond motifs is 1. The van der Waals surface area contributed by atoms with E-state index in [0.717, 1.165) is 10.8 Å². The minimum Gasteiger partial charge on any atom is -0.481 e. The Balaban J connectivity index is 1.49. The molecule has 1 heterocycles. The summed E-state index contributed by atoms with van der Waals surface area (Å²) in [7, 11) is 0. The SMILES string of the molecule is CC1CN(C(=O)CCNC(=O)c2ccc3ccccc3c2)CCC1C(=O)O. The minimum absolute atomic E-state index is 0.0514. The first-order valence-corrected chi connectivity index (χ1v) is 9.23. The average Bonchev–Trinajstić information content (AvgIpc) is 2.67. The van der Waals surface area contributed by atoms with Crippen LogP contribution >= 0.6 is 0 Å². The first-order valence-electron chi connectivity index (χ1n) is 9.23. The summed E-state index contributed by atoms with van der Waals surface area (Å²) < 4.78 is 0. The number of carbonyl (C=O) groups is 3. The lowest BCUT2D eigenvalue weighted by Gasteiger charge is -2.35. The Bertz CT molecular complexity index is 864. The molecule has 1 fully saturated rings. The number of hydrogen-bond donors (Lipinski definition) is 2. The second kappa shape index (κ2) is 8.20. The molecule has 2 aromatic rings. The van der Waals surface area contributed by atoms with E-state index in [1.807, 2.05) is 43.3 Å². The van der Waals surface area contributed by atoms with Crippen LogP contribution in [0.15, 0.2) is 42.5 Å². The number of carbonyl (C=O) groups excluding carboxylic acids is 2. The van der Waals surface area contributed by atoms with E-state index in [2.05, 4.69) is 5.32 Å². The molecule has 6 heteroatoms. The number of hydrogen-bond acceptors (Lipinski definition) is 3. The number of carboxylic acids is 1. The highest BCUT2D eigenvalue weighted by atomic mass is 16.4. The number of carboxylic acid groups (broad SMARTS) is 1. The first kappa shape index (κ1) is 18.9. The number of nitrogens with one attached hydrogen (secondary N) is 1. The summed E-state index contributed by atoms with van der Waals surface area (Å²) in [6.07, 6.45) is 0.690. The van der Waals surface area contributed by atoms with E-state index in [4.69, 9.17) is 5.11 Å². The largest absolute Gasteiger partial charge is 0.481 e. The molecule has 2 aromatic carbocycles. The van der Waals surface area contributed by atoms with Gasteiger partial charge >= 0.3 is 5.97 Å². The van der Waals surface area contributed by atoms with Gasteiger partial charge in [0, 0.05) is 31.6 Å². The molecule has 0 spiro atoms. The van der Waals surface area contributed by atoms with Crippen molar-refractivity contribution in [2.45, 2.75) is 19.8 Å². The molecule has 0 saturated carbocycles. The fourth-order valence-electron chi connectivity index (χ4n) is 3.61. The first-order chi connectivity index (χ1) is 13.0. The van der Waals surface area contributed by atoms with Crippen molar-refractivity contribution >= 4 is 28.6 Å². The molecule has 2 unspecified atom stereocenters. The predicted molar refractivity (Wildman–Crippen MR) is 102 cm³/mol. The highest BCUT2D eigenvalue weighted by Crippen LogP contribution is 2.23. The van der Waals surface area contributed by atoms with Crippen molar-refractivity contribution < 1.29 is 19.5 Å². The Morgan fingerprint density at radius 2 is 1.89 bits per heavy atom. The van der Waals surface area contributed by atoms with Gasteiger partial charge in [0.15, 0.2) is 0 Å². The predicted octanol–water partition coefficient (Wildman–Crippen LogP) is 2.53. The van der Waals surface area contributed by atoms with E-state index in [1.54, 1.807) is 11.0 Å². The molecule has 0 bridgehead atoms. The van der Waals surface area contributed by atoms with E-state index in [0.29, 0.717) is 25.1 Å². The molecule has 6 nitrogen and oxygen atoms in total.